The molecule has 3 aromatic rings. The highest BCUT2D eigenvalue weighted by molar-refractivity contribution is 6.03. The fourth-order valence-electron chi connectivity index (χ4n) is 2.80. The van der Waals surface area contributed by atoms with Crippen molar-refractivity contribution in [2.75, 3.05) is 5.32 Å². The Morgan fingerprint density at radius 2 is 2.08 bits per heavy atom. The monoisotopic (exact) mass is 322 g/mol. The lowest BCUT2D eigenvalue weighted by molar-refractivity contribution is 0.102. The number of carbonyl (C=O) groups excluding carboxylic acids is 1. The summed E-state index contributed by atoms with van der Waals surface area (Å²) in [6, 6.07) is 9.91. The third-order valence-corrected chi connectivity index (χ3v) is 4.30. The number of rotatable bonds is 4. The molecule has 1 aromatic carbocycles. The lowest BCUT2D eigenvalue weighted by atomic mass is 10.1. The van der Waals surface area contributed by atoms with Crippen LogP contribution in [0.15, 0.2) is 30.3 Å². The fraction of sp³-hybridized carbons (Fsp3) is 0.294. The van der Waals surface area contributed by atoms with Crippen LogP contribution in [0.25, 0.3) is 11.3 Å². The number of nitrogens with one attached hydrogen (secondary N) is 2. The Kier molecular flexibility index (Phi) is 3.41. The van der Waals surface area contributed by atoms with E-state index in [0.29, 0.717) is 17.4 Å². The van der Waals surface area contributed by atoms with Gasteiger partial charge in [0.2, 0.25) is 0 Å². The van der Waals surface area contributed by atoms with Gasteiger partial charge in [-0.05, 0) is 25.3 Å². The Bertz CT molecular complexity index is 905. The number of carbonyl (C=O) groups is 1. The largest absolute Gasteiger partial charge is 0.305 e. The standard InChI is InChI=1S/C17H18N6O/c1-10-5-3-4-6-12(10)13-9-14(23(2)21-13)18-17(24)16-15(11-7-8-11)19-22-20-16/h3-6,9,11H,7-8H2,1-2H3,(H,18,24)(H,19,20,22). The van der Waals surface area contributed by atoms with Crippen LogP contribution in [-0.2, 0) is 7.05 Å². The van der Waals surface area contributed by atoms with Gasteiger partial charge in [0, 0.05) is 24.6 Å². The van der Waals surface area contributed by atoms with Gasteiger partial charge >= 0.3 is 0 Å². The molecule has 24 heavy (non-hydrogen) atoms. The summed E-state index contributed by atoms with van der Waals surface area (Å²) in [6.45, 7) is 2.04. The van der Waals surface area contributed by atoms with Gasteiger partial charge in [0.15, 0.2) is 5.69 Å². The molecular weight excluding hydrogens is 304 g/mol. The molecule has 2 N–H and O–H groups in total. The molecule has 1 fully saturated rings. The van der Waals surface area contributed by atoms with Crippen LogP contribution in [-0.4, -0.2) is 31.1 Å². The summed E-state index contributed by atoms with van der Waals surface area (Å²) < 4.78 is 1.66. The molecule has 0 unspecified atom stereocenters. The molecule has 0 atom stereocenters. The van der Waals surface area contributed by atoms with Crippen molar-refractivity contribution in [2.45, 2.75) is 25.7 Å². The van der Waals surface area contributed by atoms with Crippen LogP contribution in [0.3, 0.4) is 0 Å². The SMILES string of the molecule is Cc1ccccc1-c1cc(NC(=O)c2n[nH]nc2C2CC2)n(C)n1. The van der Waals surface area contributed by atoms with Gasteiger partial charge in [-0.2, -0.15) is 20.5 Å². The first-order chi connectivity index (χ1) is 11.6. The number of aromatic nitrogens is 5. The molecule has 7 nitrogen and oxygen atoms in total. The smallest absolute Gasteiger partial charge is 0.279 e. The Labute approximate surface area is 139 Å². The van der Waals surface area contributed by atoms with Crippen molar-refractivity contribution in [3.63, 3.8) is 0 Å². The normalized spacial score (nSPS) is 13.9. The zero-order chi connectivity index (χ0) is 16.7. The molecule has 2 aromatic heterocycles. The molecule has 7 heteroatoms. The highest BCUT2D eigenvalue weighted by Gasteiger charge is 2.32. The maximum absolute atomic E-state index is 12.5. The van der Waals surface area contributed by atoms with Crippen molar-refractivity contribution in [1.82, 2.24) is 25.2 Å². The summed E-state index contributed by atoms with van der Waals surface area (Å²) in [5.41, 5.74) is 4.15. The first kappa shape index (κ1) is 14.6. The third-order valence-electron chi connectivity index (χ3n) is 4.30. The van der Waals surface area contributed by atoms with Crippen molar-refractivity contribution < 1.29 is 4.79 Å². The van der Waals surface area contributed by atoms with E-state index in [4.69, 9.17) is 0 Å². The van der Waals surface area contributed by atoms with Crippen molar-refractivity contribution in [3.8, 4) is 11.3 Å². The van der Waals surface area contributed by atoms with Gasteiger partial charge in [0.05, 0.1) is 11.4 Å². The Morgan fingerprint density at radius 3 is 2.83 bits per heavy atom. The topological polar surface area (TPSA) is 88.5 Å². The van der Waals surface area contributed by atoms with Crippen LogP contribution < -0.4 is 5.32 Å². The maximum Gasteiger partial charge on any atom is 0.279 e. The first-order valence-electron chi connectivity index (χ1n) is 7.95. The van der Waals surface area contributed by atoms with Gasteiger partial charge in [0.25, 0.3) is 5.91 Å². The Morgan fingerprint density at radius 1 is 1.29 bits per heavy atom. The third kappa shape index (κ3) is 2.58. The number of hydrogen-bond donors (Lipinski definition) is 2. The molecule has 0 radical (unpaired) electrons. The van der Waals surface area contributed by atoms with E-state index < -0.39 is 0 Å². The number of amides is 1. The average Bonchev–Trinajstić information content (AvgIpc) is 3.18. The minimum absolute atomic E-state index is 0.259. The second kappa shape index (κ2) is 5.59. The van der Waals surface area contributed by atoms with E-state index in [1.165, 1.54) is 0 Å². The number of H-pyrrole nitrogens is 1. The summed E-state index contributed by atoms with van der Waals surface area (Å²) in [4.78, 5) is 12.5. The molecule has 0 saturated heterocycles. The molecule has 0 bridgehead atoms. The zero-order valence-electron chi connectivity index (χ0n) is 13.6. The zero-order valence-corrected chi connectivity index (χ0v) is 13.6. The number of aryl methyl sites for hydroxylation is 2. The van der Waals surface area contributed by atoms with Crippen LogP contribution >= 0.6 is 0 Å². The number of benzene rings is 1. The Hall–Kier alpha value is -2.96. The number of anilines is 1. The van der Waals surface area contributed by atoms with E-state index in [-0.39, 0.29) is 5.91 Å². The molecule has 1 aliphatic rings. The van der Waals surface area contributed by atoms with Gasteiger partial charge in [0.1, 0.15) is 5.82 Å². The number of hydrogen-bond acceptors (Lipinski definition) is 4. The van der Waals surface area contributed by atoms with E-state index in [0.717, 1.165) is 35.4 Å². The van der Waals surface area contributed by atoms with Gasteiger partial charge < -0.3 is 5.32 Å². The van der Waals surface area contributed by atoms with Crippen LogP contribution in [0.4, 0.5) is 5.82 Å². The molecule has 1 saturated carbocycles. The van der Waals surface area contributed by atoms with E-state index in [2.05, 4.69) is 25.8 Å². The predicted octanol–water partition coefficient (Wildman–Crippen LogP) is 2.64. The maximum atomic E-state index is 12.5. The van der Waals surface area contributed by atoms with Gasteiger partial charge in [-0.25, -0.2) is 0 Å². The minimum Gasteiger partial charge on any atom is -0.305 e. The summed E-state index contributed by atoms with van der Waals surface area (Å²) in [5.74, 6) is 0.728. The minimum atomic E-state index is -0.259. The first-order valence-corrected chi connectivity index (χ1v) is 7.95. The molecule has 122 valence electrons. The molecule has 2 heterocycles. The van der Waals surface area contributed by atoms with Crippen LogP contribution in [0.2, 0.25) is 0 Å². The van der Waals surface area contributed by atoms with Crippen molar-refractivity contribution in [2.24, 2.45) is 7.05 Å². The summed E-state index contributed by atoms with van der Waals surface area (Å²) in [5, 5.41) is 18.1. The fourth-order valence-corrected chi connectivity index (χ4v) is 2.80. The highest BCUT2D eigenvalue weighted by atomic mass is 16.2. The summed E-state index contributed by atoms with van der Waals surface area (Å²) in [6.07, 6.45) is 2.13. The summed E-state index contributed by atoms with van der Waals surface area (Å²) in [7, 11) is 1.81. The Balaban J connectivity index is 1.60. The molecule has 4 rings (SSSR count). The van der Waals surface area contributed by atoms with Gasteiger partial charge in [-0.15, -0.1) is 0 Å². The lowest BCUT2D eigenvalue weighted by Gasteiger charge is -2.03. The lowest BCUT2D eigenvalue weighted by Crippen LogP contribution is -2.16. The molecule has 1 amide bonds. The second-order valence-corrected chi connectivity index (χ2v) is 6.14. The molecule has 0 aliphatic heterocycles. The average molecular weight is 322 g/mol. The van der Waals surface area contributed by atoms with Gasteiger partial charge in [-0.3, -0.25) is 9.48 Å². The second-order valence-electron chi connectivity index (χ2n) is 6.14. The van der Waals surface area contributed by atoms with Crippen molar-refractivity contribution in [1.29, 1.82) is 0 Å². The van der Waals surface area contributed by atoms with Crippen molar-refractivity contribution >= 4 is 11.7 Å². The van der Waals surface area contributed by atoms with E-state index in [1.54, 1.807) is 4.68 Å². The van der Waals surface area contributed by atoms with Crippen LogP contribution in [0.1, 0.15) is 40.5 Å². The molecular formula is C17H18N6O. The predicted molar refractivity (Wildman–Crippen MR) is 89.7 cm³/mol. The van der Waals surface area contributed by atoms with E-state index >= 15 is 0 Å². The highest BCUT2D eigenvalue weighted by Crippen LogP contribution is 2.40. The molecule has 0 spiro atoms. The number of aromatic amines is 1. The quantitative estimate of drug-likeness (QED) is 0.773. The van der Waals surface area contributed by atoms with E-state index in [9.17, 15) is 4.79 Å². The summed E-state index contributed by atoms with van der Waals surface area (Å²) >= 11 is 0. The van der Waals surface area contributed by atoms with Crippen molar-refractivity contribution in [3.05, 3.63) is 47.3 Å². The van der Waals surface area contributed by atoms with Crippen LogP contribution in [0, 0.1) is 6.92 Å². The van der Waals surface area contributed by atoms with Crippen LogP contribution in [0.5, 0.6) is 0 Å². The molecule has 1 aliphatic carbocycles. The van der Waals surface area contributed by atoms with E-state index in [1.807, 2.05) is 44.3 Å². The van der Waals surface area contributed by atoms with Gasteiger partial charge in [-0.1, -0.05) is 24.3 Å². The number of nitrogens with zero attached hydrogens (tertiary/aromatic N) is 4.